The third-order valence-electron chi connectivity index (χ3n) is 2.70. The molecule has 0 bridgehead atoms. The van der Waals surface area contributed by atoms with Crippen LogP contribution in [-0.2, 0) is 25.5 Å². The summed E-state index contributed by atoms with van der Waals surface area (Å²) in [5.41, 5.74) is 1.33. The predicted molar refractivity (Wildman–Crippen MR) is 69.6 cm³/mol. The fourth-order valence-electron chi connectivity index (χ4n) is 1.63. The Morgan fingerprint density at radius 1 is 1.25 bits per heavy atom. The lowest BCUT2D eigenvalue weighted by Gasteiger charge is -2.15. The van der Waals surface area contributed by atoms with Gasteiger partial charge in [-0.15, -0.1) is 0 Å². The van der Waals surface area contributed by atoms with Crippen LogP contribution in [0.1, 0.15) is 15.9 Å². The molecule has 106 valence electrons. The van der Waals surface area contributed by atoms with Crippen LogP contribution in [0.15, 0.2) is 36.3 Å². The van der Waals surface area contributed by atoms with Gasteiger partial charge in [-0.05, 0) is 17.7 Å². The lowest BCUT2D eigenvalue weighted by molar-refractivity contribution is -0.122. The van der Waals surface area contributed by atoms with Gasteiger partial charge in [0.2, 0.25) is 5.76 Å². The van der Waals surface area contributed by atoms with Crippen molar-refractivity contribution in [3.05, 3.63) is 47.4 Å². The second-order valence-corrected chi connectivity index (χ2v) is 4.07. The summed E-state index contributed by atoms with van der Waals surface area (Å²) in [7, 11) is 1.33. The van der Waals surface area contributed by atoms with Crippen LogP contribution in [0.4, 0.5) is 0 Å². The van der Waals surface area contributed by atoms with Crippen LogP contribution in [0.5, 0.6) is 0 Å². The number of carbonyl (C=O) groups excluding carboxylic acids is 2. The molecule has 1 aromatic carbocycles. The molecule has 0 fully saturated rings. The Morgan fingerprint density at radius 3 is 2.60 bits per heavy atom. The van der Waals surface area contributed by atoms with Crippen LogP contribution < -0.4 is 5.32 Å². The van der Waals surface area contributed by atoms with E-state index in [1.165, 1.54) is 13.4 Å². The van der Waals surface area contributed by atoms with Gasteiger partial charge >= 0.3 is 5.97 Å². The van der Waals surface area contributed by atoms with Crippen LogP contribution in [0.3, 0.4) is 0 Å². The topological polar surface area (TPSA) is 73.9 Å². The molecule has 0 aromatic heterocycles. The average molecular weight is 277 g/mol. The van der Waals surface area contributed by atoms with E-state index in [1.807, 2.05) is 0 Å². The second kappa shape index (κ2) is 6.60. The summed E-state index contributed by atoms with van der Waals surface area (Å²) in [5.74, 6) is -0.553. The van der Waals surface area contributed by atoms with Crippen molar-refractivity contribution in [1.29, 1.82) is 0 Å². The van der Waals surface area contributed by atoms with Crippen molar-refractivity contribution in [2.24, 2.45) is 0 Å². The molecule has 0 atom stereocenters. The number of hydrogen-bond donors (Lipinski definition) is 1. The Morgan fingerprint density at radius 2 is 2.00 bits per heavy atom. The highest BCUT2D eigenvalue weighted by molar-refractivity contribution is 5.91. The summed E-state index contributed by atoms with van der Waals surface area (Å²) < 4.78 is 14.8. The van der Waals surface area contributed by atoms with E-state index in [-0.39, 0.29) is 11.7 Å². The minimum absolute atomic E-state index is 0.169. The highest BCUT2D eigenvalue weighted by Crippen LogP contribution is 2.07. The molecule has 1 amide bonds. The van der Waals surface area contributed by atoms with E-state index in [9.17, 15) is 9.59 Å². The number of amides is 1. The third kappa shape index (κ3) is 3.50. The lowest BCUT2D eigenvalue weighted by Crippen LogP contribution is -2.28. The molecule has 0 spiro atoms. The zero-order valence-corrected chi connectivity index (χ0v) is 11.0. The maximum Gasteiger partial charge on any atom is 0.337 e. The Balaban J connectivity index is 1.89. The first kappa shape index (κ1) is 13.9. The van der Waals surface area contributed by atoms with Crippen LogP contribution in [-0.4, -0.2) is 32.2 Å². The van der Waals surface area contributed by atoms with Gasteiger partial charge in [0.1, 0.15) is 19.5 Å². The SMILES string of the molecule is COC(=O)c1ccc(CNC(=O)C2=COCCO2)cc1. The quantitative estimate of drug-likeness (QED) is 0.830. The highest BCUT2D eigenvalue weighted by Gasteiger charge is 2.14. The van der Waals surface area contributed by atoms with E-state index < -0.39 is 5.97 Å². The van der Waals surface area contributed by atoms with Gasteiger partial charge in [-0.2, -0.15) is 0 Å². The van der Waals surface area contributed by atoms with Crippen molar-refractivity contribution in [1.82, 2.24) is 5.32 Å². The number of benzene rings is 1. The summed E-state index contributed by atoms with van der Waals surface area (Å²) >= 11 is 0. The largest absolute Gasteiger partial charge is 0.494 e. The molecule has 1 aliphatic heterocycles. The van der Waals surface area contributed by atoms with E-state index >= 15 is 0 Å². The summed E-state index contributed by atoms with van der Waals surface area (Å²) in [6.45, 7) is 1.15. The first-order valence-corrected chi connectivity index (χ1v) is 6.10. The second-order valence-electron chi connectivity index (χ2n) is 4.07. The smallest absolute Gasteiger partial charge is 0.337 e. The molecule has 0 aliphatic carbocycles. The van der Waals surface area contributed by atoms with Crippen molar-refractivity contribution in [3.63, 3.8) is 0 Å². The monoisotopic (exact) mass is 277 g/mol. The Hall–Kier alpha value is -2.50. The van der Waals surface area contributed by atoms with E-state index in [4.69, 9.17) is 9.47 Å². The molecule has 2 rings (SSSR count). The number of methoxy groups -OCH3 is 1. The molecular weight excluding hydrogens is 262 g/mol. The molecule has 0 radical (unpaired) electrons. The van der Waals surface area contributed by atoms with Gasteiger partial charge in [-0.3, -0.25) is 4.79 Å². The molecule has 20 heavy (non-hydrogen) atoms. The fourth-order valence-corrected chi connectivity index (χ4v) is 1.63. The number of nitrogens with one attached hydrogen (secondary N) is 1. The number of carbonyl (C=O) groups is 2. The minimum atomic E-state index is -0.390. The van der Waals surface area contributed by atoms with Crippen LogP contribution in [0, 0.1) is 0 Å². The molecular formula is C14H15NO5. The van der Waals surface area contributed by atoms with Crippen molar-refractivity contribution in [2.45, 2.75) is 6.54 Å². The van der Waals surface area contributed by atoms with Crippen LogP contribution >= 0.6 is 0 Å². The van der Waals surface area contributed by atoms with Gasteiger partial charge in [0.25, 0.3) is 5.91 Å². The van der Waals surface area contributed by atoms with E-state index in [1.54, 1.807) is 24.3 Å². The van der Waals surface area contributed by atoms with E-state index in [2.05, 4.69) is 10.1 Å². The number of esters is 1. The minimum Gasteiger partial charge on any atom is -0.494 e. The summed E-state index contributed by atoms with van der Waals surface area (Å²) in [5, 5.41) is 2.70. The zero-order valence-electron chi connectivity index (χ0n) is 11.0. The normalized spacial score (nSPS) is 13.6. The van der Waals surface area contributed by atoms with Gasteiger partial charge < -0.3 is 19.5 Å². The fraction of sp³-hybridized carbons (Fsp3) is 0.286. The van der Waals surface area contributed by atoms with Gasteiger partial charge in [0.05, 0.1) is 12.7 Å². The van der Waals surface area contributed by atoms with Crippen LogP contribution in [0.2, 0.25) is 0 Å². The third-order valence-corrected chi connectivity index (χ3v) is 2.70. The first-order chi connectivity index (χ1) is 9.70. The first-order valence-electron chi connectivity index (χ1n) is 6.10. The Kier molecular flexibility index (Phi) is 4.60. The Labute approximate surface area is 116 Å². The summed E-state index contributed by atoms with van der Waals surface area (Å²) in [4.78, 5) is 23.0. The number of rotatable bonds is 4. The van der Waals surface area contributed by atoms with Gasteiger partial charge in [-0.25, -0.2) is 4.79 Å². The van der Waals surface area contributed by atoms with Crippen molar-refractivity contribution < 1.29 is 23.8 Å². The van der Waals surface area contributed by atoms with E-state index in [0.717, 1.165) is 5.56 Å². The average Bonchev–Trinajstić information content (AvgIpc) is 2.53. The Bertz CT molecular complexity index is 521. The summed E-state index contributed by atoms with van der Waals surface area (Å²) in [6, 6.07) is 6.79. The van der Waals surface area contributed by atoms with Crippen molar-refractivity contribution >= 4 is 11.9 Å². The molecule has 1 aliphatic rings. The van der Waals surface area contributed by atoms with E-state index in [0.29, 0.717) is 25.3 Å². The molecule has 0 unspecified atom stereocenters. The number of ether oxygens (including phenoxy) is 3. The van der Waals surface area contributed by atoms with Crippen LogP contribution in [0.25, 0.3) is 0 Å². The highest BCUT2D eigenvalue weighted by atomic mass is 16.6. The molecule has 1 heterocycles. The predicted octanol–water partition coefficient (Wildman–Crippen LogP) is 0.978. The van der Waals surface area contributed by atoms with Gasteiger partial charge in [0, 0.05) is 6.54 Å². The molecule has 6 nitrogen and oxygen atoms in total. The standard InChI is InChI=1S/C14H15NO5/c1-18-14(17)11-4-2-10(3-5-11)8-15-13(16)12-9-19-6-7-20-12/h2-5,9H,6-8H2,1H3,(H,15,16). The van der Waals surface area contributed by atoms with Gasteiger partial charge in [0.15, 0.2) is 0 Å². The molecule has 0 saturated heterocycles. The molecule has 0 saturated carbocycles. The van der Waals surface area contributed by atoms with Crippen molar-refractivity contribution in [3.8, 4) is 0 Å². The molecule has 6 heteroatoms. The molecule has 1 aromatic rings. The maximum atomic E-state index is 11.7. The van der Waals surface area contributed by atoms with Crippen molar-refractivity contribution in [2.75, 3.05) is 20.3 Å². The maximum absolute atomic E-state index is 11.7. The number of hydrogen-bond acceptors (Lipinski definition) is 5. The summed E-state index contributed by atoms with van der Waals surface area (Å²) in [6.07, 6.45) is 1.30. The van der Waals surface area contributed by atoms with Gasteiger partial charge in [-0.1, -0.05) is 12.1 Å². The molecule has 1 N–H and O–H groups in total. The zero-order chi connectivity index (χ0) is 14.4. The lowest BCUT2D eigenvalue weighted by atomic mass is 10.1.